The lowest BCUT2D eigenvalue weighted by Gasteiger charge is -2.20. The van der Waals surface area contributed by atoms with Gasteiger partial charge >= 0.3 is 0 Å². The number of aromatic nitrogens is 1. The molecule has 0 spiro atoms. The molecule has 0 bridgehead atoms. The summed E-state index contributed by atoms with van der Waals surface area (Å²) < 4.78 is 0.766. The molecule has 0 unspecified atom stereocenters. The minimum absolute atomic E-state index is 0.0211. The molecule has 1 amide bonds. The molecule has 2 rings (SSSR count). The van der Waals surface area contributed by atoms with Gasteiger partial charge in [-0.05, 0) is 48.1 Å². The van der Waals surface area contributed by atoms with E-state index in [1.54, 1.807) is 6.20 Å². The first-order valence-electron chi connectivity index (χ1n) is 5.77. The maximum Gasteiger partial charge on any atom is 0.273 e. The molecular formula is C12H16BrN3O. The van der Waals surface area contributed by atoms with E-state index >= 15 is 0 Å². The van der Waals surface area contributed by atoms with E-state index in [9.17, 15) is 4.79 Å². The molecule has 0 radical (unpaired) electrons. The summed E-state index contributed by atoms with van der Waals surface area (Å²) in [4.78, 5) is 20.6. The fraction of sp³-hybridized carbons (Fsp3) is 0.500. The van der Waals surface area contributed by atoms with E-state index in [1.165, 1.54) is 0 Å². The van der Waals surface area contributed by atoms with E-state index in [1.807, 2.05) is 17.0 Å². The second kappa shape index (κ2) is 5.60. The second-order valence-electron chi connectivity index (χ2n) is 4.28. The predicted octanol–water partition coefficient (Wildman–Crippen LogP) is 1.62. The Morgan fingerprint density at radius 2 is 2.18 bits per heavy atom. The van der Waals surface area contributed by atoms with Crippen LogP contribution >= 0.6 is 15.9 Å². The lowest BCUT2D eigenvalue weighted by molar-refractivity contribution is 0.0756. The van der Waals surface area contributed by atoms with Crippen LogP contribution in [0.25, 0.3) is 0 Å². The summed E-state index contributed by atoms with van der Waals surface area (Å²) in [5.41, 5.74) is 0.511. The maximum absolute atomic E-state index is 12.3. The van der Waals surface area contributed by atoms with Crippen molar-refractivity contribution in [3.8, 4) is 0 Å². The number of hydrogen-bond donors (Lipinski definition) is 0. The molecule has 4 nitrogen and oxygen atoms in total. The SMILES string of the molecule is CN1CCCN(C(=O)c2ncccc2Br)CC1. The van der Waals surface area contributed by atoms with Crippen molar-refractivity contribution in [3.05, 3.63) is 28.5 Å². The Kier molecular flexibility index (Phi) is 4.12. The van der Waals surface area contributed by atoms with Crippen LogP contribution in [0, 0.1) is 0 Å². The molecule has 1 aliphatic rings. The zero-order valence-corrected chi connectivity index (χ0v) is 11.5. The maximum atomic E-state index is 12.3. The normalized spacial score (nSPS) is 17.9. The van der Waals surface area contributed by atoms with Gasteiger partial charge in [0.05, 0.1) is 0 Å². The molecule has 0 aliphatic carbocycles. The Bertz CT molecular complexity index is 410. The molecule has 2 heterocycles. The lowest BCUT2D eigenvalue weighted by Crippen LogP contribution is -2.35. The van der Waals surface area contributed by atoms with Gasteiger partial charge in [-0.15, -0.1) is 0 Å². The third-order valence-corrected chi connectivity index (χ3v) is 3.61. The van der Waals surface area contributed by atoms with Gasteiger partial charge in [0.2, 0.25) is 0 Å². The molecule has 17 heavy (non-hydrogen) atoms. The van der Waals surface area contributed by atoms with Crippen molar-refractivity contribution < 1.29 is 4.79 Å². The average molecular weight is 298 g/mol. The number of pyridine rings is 1. The molecule has 1 aromatic heterocycles. The van der Waals surface area contributed by atoms with E-state index in [4.69, 9.17) is 0 Å². The van der Waals surface area contributed by atoms with Gasteiger partial charge in [0, 0.05) is 30.3 Å². The van der Waals surface area contributed by atoms with Gasteiger partial charge in [-0.25, -0.2) is 4.98 Å². The van der Waals surface area contributed by atoms with Crippen molar-refractivity contribution in [1.29, 1.82) is 0 Å². The third kappa shape index (κ3) is 3.04. The summed E-state index contributed by atoms with van der Waals surface area (Å²) in [6, 6.07) is 3.67. The third-order valence-electron chi connectivity index (χ3n) is 2.97. The summed E-state index contributed by atoms with van der Waals surface area (Å²) in [5.74, 6) is 0.0211. The van der Waals surface area contributed by atoms with Crippen molar-refractivity contribution in [2.75, 3.05) is 33.2 Å². The highest BCUT2D eigenvalue weighted by Gasteiger charge is 2.21. The first-order chi connectivity index (χ1) is 8.18. The number of hydrogen-bond acceptors (Lipinski definition) is 3. The van der Waals surface area contributed by atoms with Crippen LogP contribution in [0.3, 0.4) is 0 Å². The van der Waals surface area contributed by atoms with Gasteiger partial charge in [0.25, 0.3) is 5.91 Å². The Labute approximate surface area is 110 Å². The highest BCUT2D eigenvalue weighted by atomic mass is 79.9. The minimum atomic E-state index is 0.0211. The Hall–Kier alpha value is -0.940. The number of nitrogens with zero attached hydrogens (tertiary/aromatic N) is 3. The summed E-state index contributed by atoms with van der Waals surface area (Å²) in [6.07, 6.45) is 2.68. The van der Waals surface area contributed by atoms with E-state index in [0.29, 0.717) is 5.69 Å². The molecular weight excluding hydrogens is 282 g/mol. The Balaban J connectivity index is 2.12. The quantitative estimate of drug-likeness (QED) is 0.790. The van der Waals surface area contributed by atoms with Gasteiger partial charge in [-0.3, -0.25) is 4.79 Å². The van der Waals surface area contributed by atoms with Crippen LogP contribution in [-0.2, 0) is 0 Å². The molecule has 1 fully saturated rings. The summed E-state index contributed by atoms with van der Waals surface area (Å²) in [5, 5.41) is 0. The van der Waals surface area contributed by atoms with E-state index in [-0.39, 0.29) is 5.91 Å². The van der Waals surface area contributed by atoms with Crippen LogP contribution < -0.4 is 0 Å². The summed E-state index contributed by atoms with van der Waals surface area (Å²) in [7, 11) is 2.09. The van der Waals surface area contributed by atoms with E-state index in [0.717, 1.165) is 37.1 Å². The molecule has 1 saturated heterocycles. The molecule has 92 valence electrons. The summed E-state index contributed by atoms with van der Waals surface area (Å²) in [6.45, 7) is 3.56. The van der Waals surface area contributed by atoms with Crippen LogP contribution in [0.4, 0.5) is 0 Å². The van der Waals surface area contributed by atoms with E-state index < -0.39 is 0 Å². The summed E-state index contributed by atoms with van der Waals surface area (Å²) >= 11 is 3.37. The fourth-order valence-electron chi connectivity index (χ4n) is 1.94. The van der Waals surface area contributed by atoms with Crippen LogP contribution in [0.15, 0.2) is 22.8 Å². The largest absolute Gasteiger partial charge is 0.336 e. The van der Waals surface area contributed by atoms with Crippen molar-refractivity contribution in [1.82, 2.24) is 14.8 Å². The highest BCUT2D eigenvalue weighted by molar-refractivity contribution is 9.10. The smallest absolute Gasteiger partial charge is 0.273 e. The number of carbonyl (C=O) groups is 1. The topological polar surface area (TPSA) is 36.4 Å². The molecule has 1 aromatic rings. The van der Waals surface area contributed by atoms with Crippen LogP contribution in [0.5, 0.6) is 0 Å². The molecule has 0 atom stereocenters. The zero-order valence-electron chi connectivity index (χ0n) is 9.90. The van der Waals surface area contributed by atoms with Gasteiger partial charge in [-0.2, -0.15) is 0 Å². The zero-order chi connectivity index (χ0) is 12.3. The van der Waals surface area contributed by atoms with Crippen LogP contribution in [-0.4, -0.2) is 53.9 Å². The van der Waals surface area contributed by atoms with Crippen LogP contribution in [0.1, 0.15) is 16.9 Å². The van der Waals surface area contributed by atoms with Crippen LogP contribution in [0.2, 0.25) is 0 Å². The lowest BCUT2D eigenvalue weighted by atomic mass is 10.3. The Morgan fingerprint density at radius 3 is 2.94 bits per heavy atom. The fourth-order valence-corrected chi connectivity index (χ4v) is 2.37. The van der Waals surface area contributed by atoms with Gasteiger partial charge in [0.1, 0.15) is 5.69 Å². The number of amides is 1. The molecule has 0 aromatic carbocycles. The first kappa shape index (κ1) is 12.5. The number of carbonyl (C=O) groups excluding carboxylic acids is 1. The monoisotopic (exact) mass is 297 g/mol. The number of likely N-dealkylation sites (N-methyl/N-ethyl adjacent to an activating group) is 1. The van der Waals surface area contributed by atoms with Gasteiger partial charge in [-0.1, -0.05) is 0 Å². The van der Waals surface area contributed by atoms with Gasteiger partial charge < -0.3 is 9.80 Å². The number of rotatable bonds is 1. The first-order valence-corrected chi connectivity index (χ1v) is 6.56. The standard InChI is InChI=1S/C12H16BrN3O/c1-15-6-3-7-16(9-8-15)12(17)11-10(13)4-2-5-14-11/h2,4-5H,3,6-9H2,1H3. The van der Waals surface area contributed by atoms with Gasteiger partial charge in [0.15, 0.2) is 0 Å². The molecule has 0 N–H and O–H groups in total. The molecule has 1 aliphatic heterocycles. The highest BCUT2D eigenvalue weighted by Crippen LogP contribution is 2.16. The molecule has 0 saturated carbocycles. The van der Waals surface area contributed by atoms with Crippen molar-refractivity contribution in [3.63, 3.8) is 0 Å². The minimum Gasteiger partial charge on any atom is -0.336 e. The average Bonchev–Trinajstić information content (AvgIpc) is 2.54. The Morgan fingerprint density at radius 1 is 1.35 bits per heavy atom. The molecule has 5 heteroatoms. The second-order valence-corrected chi connectivity index (χ2v) is 5.14. The van der Waals surface area contributed by atoms with Crippen molar-refractivity contribution >= 4 is 21.8 Å². The van der Waals surface area contributed by atoms with E-state index in [2.05, 4.69) is 32.9 Å². The van der Waals surface area contributed by atoms with Crippen molar-refractivity contribution in [2.24, 2.45) is 0 Å². The van der Waals surface area contributed by atoms with Crippen molar-refractivity contribution in [2.45, 2.75) is 6.42 Å². The predicted molar refractivity (Wildman–Crippen MR) is 70.0 cm³/mol. The number of halogens is 1.